The lowest BCUT2D eigenvalue weighted by Crippen LogP contribution is -2.42. The van der Waals surface area contributed by atoms with E-state index in [9.17, 15) is 14.9 Å². The summed E-state index contributed by atoms with van der Waals surface area (Å²) in [7, 11) is 0. The van der Waals surface area contributed by atoms with E-state index in [1.54, 1.807) is 12.1 Å². The molecule has 102 valence electrons. The zero-order chi connectivity index (χ0) is 14.6. The van der Waals surface area contributed by atoms with Crippen molar-refractivity contribution in [2.75, 3.05) is 11.4 Å². The van der Waals surface area contributed by atoms with Gasteiger partial charge in [0.15, 0.2) is 6.29 Å². The van der Waals surface area contributed by atoms with E-state index >= 15 is 0 Å². The van der Waals surface area contributed by atoms with Gasteiger partial charge in [0.05, 0.1) is 4.92 Å². The van der Waals surface area contributed by atoms with Gasteiger partial charge in [-0.05, 0) is 26.8 Å². The Bertz CT molecular complexity index is 504. The van der Waals surface area contributed by atoms with E-state index in [2.05, 4.69) is 6.58 Å². The maximum Gasteiger partial charge on any atom is 0.270 e. The fourth-order valence-corrected chi connectivity index (χ4v) is 1.86. The van der Waals surface area contributed by atoms with Gasteiger partial charge in [-0.3, -0.25) is 14.9 Å². The van der Waals surface area contributed by atoms with Gasteiger partial charge in [0.2, 0.25) is 0 Å². The predicted molar refractivity (Wildman–Crippen MR) is 75.8 cm³/mol. The Kier molecular flexibility index (Phi) is 4.43. The summed E-state index contributed by atoms with van der Waals surface area (Å²) in [5.41, 5.74) is 0.680. The average Bonchev–Trinajstić information content (AvgIpc) is 2.33. The molecular weight excluding hydrogens is 244 g/mol. The third-order valence-electron chi connectivity index (χ3n) is 2.76. The van der Waals surface area contributed by atoms with E-state index in [4.69, 9.17) is 0 Å². The Morgan fingerprint density at radius 1 is 1.42 bits per heavy atom. The van der Waals surface area contributed by atoms with Crippen LogP contribution in [-0.4, -0.2) is 23.3 Å². The molecule has 0 aliphatic heterocycles. The molecule has 0 aliphatic rings. The summed E-state index contributed by atoms with van der Waals surface area (Å²) in [5.74, 6) is 0. The molecular formula is C14H18N2O3. The number of carbonyl (C=O) groups excluding carboxylic acids is 1. The van der Waals surface area contributed by atoms with E-state index in [-0.39, 0.29) is 11.2 Å². The number of hydrogen-bond acceptors (Lipinski definition) is 4. The first kappa shape index (κ1) is 14.9. The molecule has 19 heavy (non-hydrogen) atoms. The van der Waals surface area contributed by atoms with Gasteiger partial charge in [-0.25, -0.2) is 0 Å². The molecule has 0 N–H and O–H groups in total. The zero-order valence-corrected chi connectivity index (χ0v) is 11.4. The molecule has 0 heterocycles. The van der Waals surface area contributed by atoms with Crippen LogP contribution in [-0.2, 0) is 0 Å². The van der Waals surface area contributed by atoms with Crippen molar-refractivity contribution < 1.29 is 9.72 Å². The highest BCUT2D eigenvalue weighted by molar-refractivity contribution is 5.86. The topological polar surface area (TPSA) is 63.4 Å². The summed E-state index contributed by atoms with van der Waals surface area (Å²) >= 11 is 0. The number of nitro groups is 1. The highest BCUT2D eigenvalue weighted by Crippen LogP contribution is 2.29. The molecule has 0 saturated carbocycles. The number of carbonyl (C=O) groups is 1. The van der Waals surface area contributed by atoms with Gasteiger partial charge in [-0.1, -0.05) is 6.08 Å². The number of nitrogens with zero attached hydrogens (tertiary/aromatic N) is 2. The Morgan fingerprint density at radius 3 is 2.47 bits per heavy atom. The van der Waals surface area contributed by atoms with Crippen molar-refractivity contribution in [3.8, 4) is 0 Å². The molecule has 0 saturated heterocycles. The predicted octanol–water partition coefficient (Wildman–Crippen LogP) is 3.20. The summed E-state index contributed by atoms with van der Waals surface area (Å²) in [5, 5.41) is 10.7. The first-order chi connectivity index (χ1) is 8.81. The van der Waals surface area contributed by atoms with Crippen LogP contribution in [0.15, 0.2) is 30.9 Å². The molecule has 1 aromatic carbocycles. The number of rotatable bonds is 5. The van der Waals surface area contributed by atoms with Crippen LogP contribution in [0.5, 0.6) is 0 Å². The number of anilines is 1. The van der Waals surface area contributed by atoms with E-state index in [1.807, 2.05) is 25.7 Å². The van der Waals surface area contributed by atoms with Crippen molar-refractivity contribution in [1.29, 1.82) is 0 Å². The summed E-state index contributed by atoms with van der Waals surface area (Å²) in [6.07, 6.45) is 2.38. The second-order valence-electron chi connectivity index (χ2n) is 5.19. The van der Waals surface area contributed by atoms with Gasteiger partial charge >= 0.3 is 0 Å². The Balaban J connectivity index is 3.34. The number of aldehydes is 1. The van der Waals surface area contributed by atoms with Gasteiger partial charge < -0.3 is 4.90 Å². The lowest BCUT2D eigenvalue weighted by molar-refractivity contribution is -0.384. The van der Waals surface area contributed by atoms with Crippen LogP contribution < -0.4 is 4.90 Å². The van der Waals surface area contributed by atoms with Gasteiger partial charge in [-0.2, -0.15) is 0 Å². The minimum absolute atomic E-state index is 0.0849. The van der Waals surface area contributed by atoms with Gasteiger partial charge in [0.25, 0.3) is 5.69 Å². The second-order valence-corrected chi connectivity index (χ2v) is 5.19. The first-order valence-corrected chi connectivity index (χ1v) is 5.93. The van der Waals surface area contributed by atoms with Crippen molar-refractivity contribution in [3.05, 3.63) is 46.5 Å². The molecule has 1 aromatic rings. The minimum Gasteiger partial charge on any atom is -0.362 e. The third kappa shape index (κ3) is 3.40. The molecule has 0 aromatic heterocycles. The monoisotopic (exact) mass is 262 g/mol. The normalized spacial score (nSPS) is 10.9. The highest BCUT2D eigenvalue weighted by atomic mass is 16.6. The number of hydrogen-bond donors (Lipinski definition) is 0. The SMILES string of the molecule is C=CCN(c1ccc([N+](=O)[O-])cc1C=O)C(C)(C)C. The molecule has 0 radical (unpaired) electrons. The largest absolute Gasteiger partial charge is 0.362 e. The fraction of sp³-hybridized carbons (Fsp3) is 0.357. The van der Waals surface area contributed by atoms with E-state index in [0.29, 0.717) is 24.1 Å². The van der Waals surface area contributed by atoms with Crippen LogP contribution in [0.3, 0.4) is 0 Å². The first-order valence-electron chi connectivity index (χ1n) is 5.93. The lowest BCUT2D eigenvalue weighted by atomic mass is 10.0. The third-order valence-corrected chi connectivity index (χ3v) is 2.76. The van der Waals surface area contributed by atoms with Gasteiger partial charge in [0, 0.05) is 35.5 Å². The Hall–Kier alpha value is -2.17. The van der Waals surface area contributed by atoms with Gasteiger partial charge in [-0.15, -0.1) is 6.58 Å². The van der Waals surface area contributed by atoms with Crippen LogP contribution in [0.25, 0.3) is 0 Å². The Labute approximate surface area is 112 Å². The van der Waals surface area contributed by atoms with Crippen molar-refractivity contribution >= 4 is 17.7 Å². The van der Waals surface area contributed by atoms with Crippen molar-refractivity contribution in [1.82, 2.24) is 0 Å². The summed E-state index contributed by atoms with van der Waals surface area (Å²) in [6, 6.07) is 4.31. The summed E-state index contributed by atoms with van der Waals surface area (Å²) in [6.45, 7) is 10.3. The molecule has 0 aliphatic carbocycles. The van der Waals surface area contributed by atoms with E-state index in [0.717, 1.165) is 0 Å². The lowest BCUT2D eigenvalue weighted by Gasteiger charge is -2.37. The van der Waals surface area contributed by atoms with Crippen LogP contribution in [0, 0.1) is 10.1 Å². The molecule has 5 nitrogen and oxygen atoms in total. The van der Waals surface area contributed by atoms with Crippen LogP contribution in [0.1, 0.15) is 31.1 Å². The second kappa shape index (κ2) is 5.65. The number of non-ortho nitro benzene ring substituents is 1. The van der Waals surface area contributed by atoms with Crippen molar-refractivity contribution in [2.24, 2.45) is 0 Å². The summed E-state index contributed by atoms with van der Waals surface area (Å²) < 4.78 is 0. The highest BCUT2D eigenvalue weighted by Gasteiger charge is 2.23. The number of nitro benzene ring substituents is 1. The smallest absolute Gasteiger partial charge is 0.270 e. The van der Waals surface area contributed by atoms with E-state index in [1.165, 1.54) is 12.1 Å². The maximum absolute atomic E-state index is 11.2. The van der Waals surface area contributed by atoms with Crippen molar-refractivity contribution in [3.63, 3.8) is 0 Å². The number of benzene rings is 1. The van der Waals surface area contributed by atoms with Crippen LogP contribution >= 0.6 is 0 Å². The molecule has 0 spiro atoms. The minimum atomic E-state index is -0.508. The average molecular weight is 262 g/mol. The molecule has 0 unspecified atom stereocenters. The quantitative estimate of drug-likeness (QED) is 0.354. The standard InChI is InChI=1S/C14H18N2O3/c1-5-8-15(14(2,3)4)13-7-6-12(16(18)19)9-11(13)10-17/h5-7,9-10H,1,8H2,2-4H3. The zero-order valence-electron chi connectivity index (χ0n) is 11.4. The van der Waals surface area contributed by atoms with Crippen LogP contribution in [0.4, 0.5) is 11.4 Å². The molecule has 0 bridgehead atoms. The molecule has 0 fully saturated rings. The molecule has 0 amide bonds. The van der Waals surface area contributed by atoms with Gasteiger partial charge in [0.1, 0.15) is 0 Å². The summed E-state index contributed by atoms with van der Waals surface area (Å²) in [4.78, 5) is 23.4. The molecule has 5 heteroatoms. The Morgan fingerprint density at radius 2 is 2.05 bits per heavy atom. The van der Waals surface area contributed by atoms with E-state index < -0.39 is 4.92 Å². The fourth-order valence-electron chi connectivity index (χ4n) is 1.86. The maximum atomic E-state index is 11.2. The molecule has 0 atom stereocenters. The van der Waals surface area contributed by atoms with Crippen molar-refractivity contribution in [2.45, 2.75) is 26.3 Å². The van der Waals surface area contributed by atoms with Crippen LogP contribution in [0.2, 0.25) is 0 Å². The molecule has 1 rings (SSSR count).